The molecule has 2 heterocycles. The van der Waals surface area contributed by atoms with Gasteiger partial charge in [-0.25, -0.2) is 9.59 Å². The number of aliphatic hydroxyl groups is 8. The Kier molecular flexibility index (Phi) is 6.24. The van der Waals surface area contributed by atoms with E-state index in [1.807, 2.05) is 0 Å². The highest BCUT2D eigenvalue weighted by Crippen LogP contribution is 2.33. The highest BCUT2D eigenvalue weighted by molar-refractivity contribution is 5.89. The van der Waals surface area contributed by atoms with Gasteiger partial charge in [0.05, 0.1) is 0 Å². The molecule has 15 nitrogen and oxygen atoms in total. The monoisotopic (exact) mass is 400 g/mol. The van der Waals surface area contributed by atoms with E-state index in [0.717, 1.165) is 0 Å². The summed E-state index contributed by atoms with van der Waals surface area (Å²) in [6.07, 6.45) is -4.40. The maximum absolute atomic E-state index is 11.1. The minimum Gasteiger partial charge on any atom is -0.505 e. The first kappa shape index (κ1) is 22.4. The molecule has 4 atom stereocenters. The van der Waals surface area contributed by atoms with Gasteiger partial charge in [-0.15, -0.1) is 0 Å². The van der Waals surface area contributed by atoms with Crippen LogP contribution in [0.4, 0.5) is 0 Å². The van der Waals surface area contributed by atoms with Crippen LogP contribution in [0, 0.1) is 0 Å². The van der Waals surface area contributed by atoms with Gasteiger partial charge in [0, 0.05) is 0 Å². The van der Waals surface area contributed by atoms with Gasteiger partial charge in [0.25, 0.3) is 11.6 Å². The fourth-order valence-electron chi connectivity index (χ4n) is 1.96. The second kappa shape index (κ2) is 7.53. The number of hydrogen-bond acceptors (Lipinski definition) is 14. The Labute approximate surface area is 148 Å². The highest BCUT2D eigenvalue weighted by Gasteiger charge is 2.56. The number of carbonyl (C=O) groups is 2. The van der Waals surface area contributed by atoms with Crippen LogP contribution in [0.1, 0.15) is 0 Å². The Balaban J connectivity index is 0.00000364. The first-order valence-corrected chi connectivity index (χ1v) is 6.70. The summed E-state index contributed by atoms with van der Waals surface area (Å²) in [6.45, 7) is -2.89. The van der Waals surface area contributed by atoms with Crippen LogP contribution in [-0.2, 0) is 28.8 Å². The third-order valence-corrected chi connectivity index (χ3v) is 3.42. The Morgan fingerprint density at radius 1 is 0.778 bits per heavy atom. The van der Waals surface area contributed by atoms with Crippen LogP contribution >= 0.6 is 0 Å². The second-order valence-electron chi connectivity index (χ2n) is 5.21. The van der Waals surface area contributed by atoms with Crippen LogP contribution in [0.5, 0.6) is 0 Å². The molecular formula is C12H16O15. The fourth-order valence-corrected chi connectivity index (χ4v) is 1.96. The molecule has 27 heavy (non-hydrogen) atoms. The third-order valence-electron chi connectivity index (χ3n) is 3.42. The number of aliphatic hydroxyl groups excluding tert-OH is 6. The molecule has 10 N–H and O–H groups in total. The van der Waals surface area contributed by atoms with Crippen molar-refractivity contribution in [3.63, 3.8) is 0 Å². The van der Waals surface area contributed by atoms with Crippen molar-refractivity contribution in [1.82, 2.24) is 0 Å². The van der Waals surface area contributed by atoms with Crippen molar-refractivity contribution in [3.05, 3.63) is 23.0 Å². The largest absolute Gasteiger partial charge is 0.505 e. The molecule has 0 aromatic heterocycles. The summed E-state index contributed by atoms with van der Waals surface area (Å²) >= 11 is 0. The van der Waals surface area contributed by atoms with Crippen molar-refractivity contribution in [2.75, 3.05) is 13.2 Å². The van der Waals surface area contributed by atoms with Crippen LogP contribution in [-0.4, -0.2) is 95.3 Å². The van der Waals surface area contributed by atoms with Crippen molar-refractivity contribution in [3.8, 4) is 0 Å². The quantitative estimate of drug-likeness (QED) is 0.0875. The second-order valence-corrected chi connectivity index (χ2v) is 5.21. The first-order chi connectivity index (χ1) is 12.0. The summed E-state index contributed by atoms with van der Waals surface area (Å²) in [4.78, 5) is 30.9. The van der Waals surface area contributed by atoms with Gasteiger partial charge in [0.1, 0.15) is 13.2 Å². The smallest absolute Gasteiger partial charge is 0.378 e. The lowest BCUT2D eigenvalue weighted by Crippen LogP contribution is -2.55. The average molecular weight is 400 g/mol. The molecular weight excluding hydrogens is 384 g/mol. The van der Waals surface area contributed by atoms with Gasteiger partial charge in [0.15, 0.2) is 11.5 Å². The molecule has 2 aliphatic heterocycles. The van der Waals surface area contributed by atoms with E-state index in [9.17, 15) is 50.4 Å². The molecule has 15 heteroatoms. The van der Waals surface area contributed by atoms with Crippen LogP contribution in [0.15, 0.2) is 23.0 Å². The molecule has 0 spiro atoms. The van der Waals surface area contributed by atoms with Gasteiger partial charge in [0.2, 0.25) is 23.7 Å². The average Bonchev–Trinajstić information content (AvgIpc) is 3.04. The fraction of sp³-hybridized carbons (Fsp3) is 0.500. The Morgan fingerprint density at radius 3 is 1.26 bits per heavy atom. The van der Waals surface area contributed by atoms with Gasteiger partial charge in [-0.1, -0.05) is 0 Å². The van der Waals surface area contributed by atoms with Crippen molar-refractivity contribution in [1.29, 1.82) is 0 Å². The standard InChI is InChI=1S/C12H14O14.H2O/c13-1-11(21,7-3(15)5(17)9(19)23-7)25-26-12(22,2-14)8-4(16)6(18)10(20)24-8;/h7-8,13-18,21-22H,1-2H2;1H2/t7-,8-,11+,12+;/m0./s1. The van der Waals surface area contributed by atoms with E-state index in [1.54, 1.807) is 0 Å². The predicted octanol–water partition coefficient (Wildman–Crippen LogP) is -4.02. The number of esters is 2. The summed E-state index contributed by atoms with van der Waals surface area (Å²) < 4.78 is 8.73. The van der Waals surface area contributed by atoms with Crippen molar-refractivity contribution in [2.45, 2.75) is 23.8 Å². The van der Waals surface area contributed by atoms with E-state index < -0.39 is 72.0 Å². The van der Waals surface area contributed by atoms with E-state index in [-0.39, 0.29) is 5.48 Å². The zero-order valence-electron chi connectivity index (χ0n) is 13.1. The lowest BCUT2D eigenvalue weighted by molar-refractivity contribution is -0.517. The van der Waals surface area contributed by atoms with E-state index in [4.69, 9.17) is 0 Å². The lowest BCUT2D eigenvalue weighted by Gasteiger charge is -2.34. The SMILES string of the molecule is O.O=C1O[C@H]([C@@](O)(CO)OO[C@](O)(CO)[C@H]2OC(=O)C(O)=C2O)C(O)=C1O. The predicted molar refractivity (Wildman–Crippen MR) is 74.2 cm³/mol. The summed E-state index contributed by atoms with van der Waals surface area (Å²) in [5.74, 6) is -14.2. The van der Waals surface area contributed by atoms with E-state index >= 15 is 0 Å². The summed E-state index contributed by atoms with van der Waals surface area (Å²) in [5, 5.41) is 76.0. The van der Waals surface area contributed by atoms with Gasteiger partial charge in [-0.2, -0.15) is 9.78 Å². The molecule has 0 aromatic rings. The zero-order valence-corrected chi connectivity index (χ0v) is 13.1. The zero-order chi connectivity index (χ0) is 19.9. The molecule has 0 saturated heterocycles. The molecule has 0 bridgehead atoms. The normalized spacial score (nSPS) is 27.0. The van der Waals surface area contributed by atoms with Crippen LogP contribution in [0.3, 0.4) is 0 Å². The van der Waals surface area contributed by atoms with Crippen LogP contribution in [0.2, 0.25) is 0 Å². The molecule has 0 amide bonds. The minimum atomic E-state index is -3.11. The van der Waals surface area contributed by atoms with E-state index in [0.29, 0.717) is 0 Å². The van der Waals surface area contributed by atoms with E-state index in [2.05, 4.69) is 19.2 Å². The Bertz CT molecular complexity index is 624. The molecule has 0 aliphatic carbocycles. The first-order valence-electron chi connectivity index (χ1n) is 6.70. The third kappa shape index (κ3) is 3.60. The van der Waals surface area contributed by atoms with Gasteiger partial charge >= 0.3 is 11.9 Å². The van der Waals surface area contributed by atoms with Gasteiger partial charge in [-0.3, -0.25) is 0 Å². The maximum atomic E-state index is 11.1. The number of carbonyl (C=O) groups excluding carboxylic acids is 2. The topological polar surface area (TPSA) is 264 Å². The molecule has 0 fully saturated rings. The minimum absolute atomic E-state index is 0. The van der Waals surface area contributed by atoms with Crippen molar-refractivity contribution in [2.24, 2.45) is 0 Å². The highest BCUT2D eigenvalue weighted by atomic mass is 17.3. The number of rotatable bonds is 7. The Morgan fingerprint density at radius 2 is 1.07 bits per heavy atom. The summed E-state index contributed by atoms with van der Waals surface area (Å²) in [7, 11) is 0. The molecule has 0 aromatic carbocycles. The van der Waals surface area contributed by atoms with E-state index in [1.165, 1.54) is 0 Å². The molecule has 0 saturated carbocycles. The van der Waals surface area contributed by atoms with Crippen molar-refractivity contribution >= 4 is 11.9 Å². The molecule has 154 valence electrons. The van der Waals surface area contributed by atoms with Crippen LogP contribution < -0.4 is 0 Å². The number of cyclic esters (lactones) is 2. The maximum Gasteiger partial charge on any atom is 0.378 e. The van der Waals surface area contributed by atoms with Crippen molar-refractivity contribution < 1.29 is 75.2 Å². The molecule has 2 rings (SSSR count). The Hall–Kier alpha value is -2.66. The summed E-state index contributed by atoms with van der Waals surface area (Å²) in [6, 6.07) is 0. The lowest BCUT2D eigenvalue weighted by atomic mass is 10.1. The number of hydrogen-bond donors (Lipinski definition) is 8. The molecule has 2 aliphatic rings. The van der Waals surface area contributed by atoms with Crippen LogP contribution in [0.25, 0.3) is 0 Å². The molecule has 0 unspecified atom stereocenters. The van der Waals surface area contributed by atoms with Gasteiger partial charge < -0.3 is 55.8 Å². The summed E-state index contributed by atoms with van der Waals surface area (Å²) in [5.41, 5.74) is 0. The molecule has 0 radical (unpaired) electrons. The number of ether oxygens (including phenoxy) is 2. The van der Waals surface area contributed by atoms with Gasteiger partial charge in [-0.05, 0) is 0 Å².